The number of hydrogen-bond donors (Lipinski definition) is 1. The van der Waals surface area contributed by atoms with Crippen molar-refractivity contribution in [1.29, 1.82) is 0 Å². The van der Waals surface area contributed by atoms with Gasteiger partial charge in [0.2, 0.25) is 0 Å². The molecule has 0 radical (unpaired) electrons. The second-order valence-corrected chi connectivity index (χ2v) is 5.75. The van der Waals surface area contributed by atoms with E-state index < -0.39 is 0 Å². The van der Waals surface area contributed by atoms with Crippen molar-refractivity contribution in [3.63, 3.8) is 0 Å². The van der Waals surface area contributed by atoms with E-state index in [0.29, 0.717) is 0 Å². The van der Waals surface area contributed by atoms with E-state index in [1.165, 1.54) is 8.45 Å². The van der Waals surface area contributed by atoms with Gasteiger partial charge in [-0.25, -0.2) is 0 Å². The summed E-state index contributed by atoms with van der Waals surface area (Å²) in [6, 6.07) is 6.08. The van der Waals surface area contributed by atoms with Gasteiger partial charge in [-0.15, -0.1) is 11.3 Å². The van der Waals surface area contributed by atoms with Crippen molar-refractivity contribution in [2.45, 2.75) is 13.1 Å². The van der Waals surface area contributed by atoms with Gasteiger partial charge in [0.1, 0.15) is 5.76 Å². The first-order valence-corrected chi connectivity index (χ1v) is 6.26. The van der Waals surface area contributed by atoms with Gasteiger partial charge in [0.15, 0.2) is 0 Å². The van der Waals surface area contributed by atoms with Crippen LogP contribution in [0.2, 0.25) is 0 Å². The number of furan rings is 1. The summed E-state index contributed by atoms with van der Waals surface area (Å²) in [4.78, 5) is 0. The van der Waals surface area contributed by atoms with E-state index in [9.17, 15) is 0 Å². The smallest absolute Gasteiger partial charge is 0.117 e. The topological polar surface area (TPSA) is 25.2 Å². The lowest BCUT2D eigenvalue weighted by molar-refractivity contribution is 0.483. The van der Waals surface area contributed by atoms with Crippen LogP contribution in [0.4, 0.5) is 0 Å². The van der Waals surface area contributed by atoms with Crippen LogP contribution >= 0.6 is 33.9 Å². The molecule has 0 aliphatic rings. The first kappa shape index (κ1) is 10.2. The Labute approximate surface area is 100 Å². The highest BCUT2D eigenvalue weighted by Gasteiger charge is 1.98. The molecule has 2 aromatic heterocycles. The Hall–Kier alpha value is -0.330. The predicted molar refractivity (Wildman–Crippen MR) is 66.3 cm³/mol. The fraction of sp³-hybridized carbons (Fsp3) is 0.200. The summed E-state index contributed by atoms with van der Waals surface area (Å²) < 4.78 is 6.55. The molecule has 0 aromatic carbocycles. The summed E-state index contributed by atoms with van der Waals surface area (Å²) in [6.07, 6.45) is 1.70. The second kappa shape index (κ2) is 4.95. The fourth-order valence-electron chi connectivity index (χ4n) is 1.18. The molecule has 4 heteroatoms. The van der Waals surface area contributed by atoms with Crippen LogP contribution in [0, 0.1) is 2.88 Å². The second-order valence-electron chi connectivity index (χ2n) is 2.94. The number of nitrogens with one attached hydrogen (secondary N) is 1. The summed E-state index contributed by atoms with van der Waals surface area (Å²) >= 11 is 4.11. The van der Waals surface area contributed by atoms with Crippen LogP contribution in [-0.2, 0) is 13.1 Å². The van der Waals surface area contributed by atoms with E-state index in [-0.39, 0.29) is 0 Å². The molecule has 0 atom stereocenters. The van der Waals surface area contributed by atoms with Gasteiger partial charge >= 0.3 is 0 Å². The summed E-state index contributed by atoms with van der Waals surface area (Å²) in [6.45, 7) is 1.69. The third kappa shape index (κ3) is 2.83. The zero-order valence-electron chi connectivity index (χ0n) is 7.50. The van der Waals surface area contributed by atoms with Gasteiger partial charge in [-0.3, -0.25) is 0 Å². The van der Waals surface area contributed by atoms with Gasteiger partial charge in [-0.05, 0) is 51.7 Å². The maximum absolute atomic E-state index is 5.22. The third-order valence-electron chi connectivity index (χ3n) is 1.83. The maximum Gasteiger partial charge on any atom is 0.117 e. The lowest BCUT2D eigenvalue weighted by Gasteiger charge is -1.99. The molecule has 0 bridgehead atoms. The van der Waals surface area contributed by atoms with Crippen LogP contribution in [-0.4, -0.2) is 0 Å². The standard InChI is InChI=1S/C10H10INOS/c11-10-4-8(7-14-10)5-12-6-9-2-1-3-13-9/h1-4,7,12H,5-6H2. The third-order valence-corrected chi connectivity index (χ3v) is 3.67. The summed E-state index contributed by atoms with van der Waals surface area (Å²) in [5, 5.41) is 5.50. The average Bonchev–Trinajstić information content (AvgIpc) is 2.77. The number of rotatable bonds is 4. The van der Waals surface area contributed by atoms with Crippen molar-refractivity contribution in [3.8, 4) is 0 Å². The molecule has 0 saturated heterocycles. The van der Waals surface area contributed by atoms with Gasteiger partial charge < -0.3 is 9.73 Å². The first-order chi connectivity index (χ1) is 6.84. The van der Waals surface area contributed by atoms with Gasteiger partial charge in [-0.2, -0.15) is 0 Å². The predicted octanol–water partition coefficient (Wildman–Crippen LogP) is 3.24. The number of hydrogen-bond acceptors (Lipinski definition) is 3. The Bertz CT molecular complexity index is 382. The first-order valence-electron chi connectivity index (χ1n) is 4.30. The van der Waals surface area contributed by atoms with Crippen molar-refractivity contribution in [2.75, 3.05) is 0 Å². The van der Waals surface area contributed by atoms with E-state index in [1.807, 2.05) is 12.1 Å². The van der Waals surface area contributed by atoms with Crippen LogP contribution in [0.1, 0.15) is 11.3 Å². The molecule has 0 saturated carbocycles. The molecule has 2 heterocycles. The van der Waals surface area contributed by atoms with E-state index in [1.54, 1.807) is 17.6 Å². The minimum Gasteiger partial charge on any atom is -0.468 e. The molecular weight excluding hydrogens is 309 g/mol. The largest absolute Gasteiger partial charge is 0.468 e. The molecule has 1 N–H and O–H groups in total. The van der Waals surface area contributed by atoms with Gasteiger partial charge in [0, 0.05) is 6.54 Å². The van der Waals surface area contributed by atoms with E-state index in [4.69, 9.17) is 4.42 Å². The lowest BCUT2D eigenvalue weighted by atomic mass is 10.3. The normalized spacial score (nSPS) is 10.6. The van der Waals surface area contributed by atoms with E-state index >= 15 is 0 Å². The molecule has 2 aromatic rings. The number of halogens is 1. The molecular formula is C10H10INOS. The molecule has 0 unspecified atom stereocenters. The molecule has 0 amide bonds. The summed E-state index contributed by atoms with van der Waals surface area (Å²) in [5.41, 5.74) is 1.34. The zero-order chi connectivity index (χ0) is 9.80. The van der Waals surface area contributed by atoms with Crippen LogP contribution in [0.5, 0.6) is 0 Å². The van der Waals surface area contributed by atoms with Crippen molar-refractivity contribution < 1.29 is 4.42 Å². The summed E-state index contributed by atoms with van der Waals surface area (Å²) in [5.74, 6) is 0.981. The molecule has 0 aliphatic carbocycles. The van der Waals surface area contributed by atoms with Crippen molar-refractivity contribution in [2.24, 2.45) is 0 Å². The Morgan fingerprint density at radius 3 is 3.00 bits per heavy atom. The van der Waals surface area contributed by atoms with Crippen LogP contribution in [0.3, 0.4) is 0 Å². The van der Waals surface area contributed by atoms with E-state index in [2.05, 4.69) is 39.4 Å². The van der Waals surface area contributed by atoms with Crippen molar-refractivity contribution >= 4 is 33.9 Å². The fourth-order valence-corrected chi connectivity index (χ4v) is 2.60. The molecule has 2 rings (SSSR count). The Kier molecular flexibility index (Phi) is 3.61. The van der Waals surface area contributed by atoms with Crippen LogP contribution < -0.4 is 5.32 Å². The highest BCUT2D eigenvalue weighted by atomic mass is 127. The molecule has 0 spiro atoms. The Balaban J connectivity index is 1.78. The zero-order valence-corrected chi connectivity index (χ0v) is 10.5. The van der Waals surface area contributed by atoms with Crippen LogP contribution in [0.15, 0.2) is 34.3 Å². The van der Waals surface area contributed by atoms with Crippen LogP contribution in [0.25, 0.3) is 0 Å². The van der Waals surface area contributed by atoms with Gasteiger partial charge in [-0.1, -0.05) is 0 Å². The molecule has 0 aliphatic heterocycles. The van der Waals surface area contributed by atoms with E-state index in [0.717, 1.165) is 18.8 Å². The Morgan fingerprint density at radius 2 is 2.36 bits per heavy atom. The minimum atomic E-state index is 0.791. The van der Waals surface area contributed by atoms with Crippen molar-refractivity contribution in [3.05, 3.63) is 44.0 Å². The molecule has 74 valence electrons. The van der Waals surface area contributed by atoms with Gasteiger partial charge in [0.05, 0.1) is 15.7 Å². The van der Waals surface area contributed by atoms with Gasteiger partial charge in [0.25, 0.3) is 0 Å². The highest BCUT2D eigenvalue weighted by Crippen LogP contribution is 2.16. The highest BCUT2D eigenvalue weighted by molar-refractivity contribution is 14.1. The quantitative estimate of drug-likeness (QED) is 0.875. The lowest BCUT2D eigenvalue weighted by Crippen LogP contribution is -2.11. The number of thiophene rings is 1. The average molecular weight is 319 g/mol. The minimum absolute atomic E-state index is 0.791. The Morgan fingerprint density at radius 1 is 1.43 bits per heavy atom. The van der Waals surface area contributed by atoms with Crippen molar-refractivity contribution in [1.82, 2.24) is 5.32 Å². The molecule has 14 heavy (non-hydrogen) atoms. The molecule has 0 fully saturated rings. The molecule has 2 nitrogen and oxygen atoms in total. The SMILES string of the molecule is Ic1cc(CNCc2ccco2)cs1. The summed E-state index contributed by atoms with van der Waals surface area (Å²) in [7, 11) is 0. The maximum atomic E-state index is 5.22. The monoisotopic (exact) mass is 319 g/mol.